The van der Waals surface area contributed by atoms with E-state index in [-0.39, 0.29) is 17.1 Å². The molecule has 98 valence electrons. The minimum absolute atomic E-state index is 0.0629. The second-order valence-electron chi connectivity index (χ2n) is 3.70. The summed E-state index contributed by atoms with van der Waals surface area (Å²) < 4.78 is 25.1. The molecule has 1 aromatic heterocycles. The maximum atomic E-state index is 11.5. The number of benzene rings is 1. The summed E-state index contributed by atoms with van der Waals surface area (Å²) in [6.45, 7) is 0.218. The van der Waals surface area contributed by atoms with E-state index < -0.39 is 9.05 Å². The van der Waals surface area contributed by atoms with Gasteiger partial charge in [0.2, 0.25) is 0 Å². The minimum Gasteiger partial charge on any atom is -0.247 e. The van der Waals surface area contributed by atoms with Crippen LogP contribution in [0.15, 0.2) is 40.0 Å². The van der Waals surface area contributed by atoms with Gasteiger partial charge in [-0.25, -0.2) is 13.1 Å². The molecule has 0 atom stereocenters. The Morgan fingerprint density at radius 2 is 2.00 bits per heavy atom. The molecule has 0 aliphatic heterocycles. The minimum atomic E-state index is -4.02. The summed E-state index contributed by atoms with van der Waals surface area (Å²) in [7, 11) is 1.31. The largest absolute Gasteiger partial charge is 0.279 e. The van der Waals surface area contributed by atoms with E-state index in [0.717, 1.165) is 10.0 Å². The molecule has 0 amide bonds. The van der Waals surface area contributed by atoms with Crippen molar-refractivity contribution in [2.45, 2.75) is 11.6 Å². The van der Waals surface area contributed by atoms with Crippen molar-refractivity contribution in [2.75, 3.05) is 0 Å². The first-order valence-electron chi connectivity index (χ1n) is 5.07. The van der Waals surface area contributed by atoms with Gasteiger partial charge >= 0.3 is 0 Å². The molecule has 0 aliphatic rings. The normalized spacial score (nSPS) is 11.2. The number of hydrogen-bond acceptors (Lipinski definition) is 4. The third-order valence-corrected chi connectivity index (χ3v) is 4.25. The van der Waals surface area contributed by atoms with E-state index in [1.54, 1.807) is 6.07 Å². The van der Waals surface area contributed by atoms with Crippen LogP contribution in [0.2, 0.25) is 0 Å². The van der Waals surface area contributed by atoms with E-state index >= 15 is 0 Å². The van der Waals surface area contributed by atoms with Gasteiger partial charge in [0.15, 0.2) is 5.03 Å². The number of hydrogen-bond donors (Lipinski definition) is 0. The van der Waals surface area contributed by atoms with Crippen LogP contribution >= 0.6 is 26.6 Å². The Balaban J connectivity index is 2.45. The average Bonchev–Trinajstić information content (AvgIpc) is 2.75. The number of nitrogens with zero attached hydrogens (tertiary/aromatic N) is 3. The van der Waals surface area contributed by atoms with Crippen molar-refractivity contribution in [1.29, 1.82) is 5.26 Å². The second-order valence-corrected chi connectivity index (χ2v) is 7.09. The van der Waals surface area contributed by atoms with Crippen molar-refractivity contribution in [3.05, 3.63) is 46.1 Å². The molecule has 2 aromatic rings. The fourth-order valence-electron chi connectivity index (χ4n) is 1.58. The van der Waals surface area contributed by atoms with Gasteiger partial charge in [0.1, 0.15) is 11.6 Å². The van der Waals surface area contributed by atoms with E-state index in [4.69, 9.17) is 15.9 Å². The van der Waals surface area contributed by atoms with Gasteiger partial charge in [-0.15, -0.1) is 0 Å². The number of nitriles is 1. The molecule has 0 saturated carbocycles. The maximum Gasteiger partial charge on any atom is 0.279 e. The summed E-state index contributed by atoms with van der Waals surface area (Å²) in [5.74, 6) is 0. The number of aromatic nitrogens is 2. The molecule has 2 rings (SSSR count). The Morgan fingerprint density at radius 3 is 2.53 bits per heavy atom. The van der Waals surface area contributed by atoms with E-state index in [2.05, 4.69) is 21.0 Å². The van der Waals surface area contributed by atoms with Crippen LogP contribution < -0.4 is 0 Å². The van der Waals surface area contributed by atoms with Crippen molar-refractivity contribution in [3.63, 3.8) is 0 Å². The molecule has 0 N–H and O–H groups in total. The number of rotatable bonds is 3. The average molecular weight is 361 g/mol. The number of halogens is 2. The van der Waals surface area contributed by atoms with Gasteiger partial charge in [0.25, 0.3) is 9.05 Å². The quantitative estimate of drug-likeness (QED) is 0.788. The molecule has 0 saturated heterocycles. The fraction of sp³-hybridized carbons (Fsp3) is 0.0909. The molecule has 1 heterocycles. The van der Waals surface area contributed by atoms with Crippen molar-refractivity contribution in [3.8, 4) is 6.07 Å². The van der Waals surface area contributed by atoms with Crippen molar-refractivity contribution < 1.29 is 8.42 Å². The molecule has 0 radical (unpaired) electrons. The van der Waals surface area contributed by atoms with Gasteiger partial charge in [-0.05, 0) is 17.7 Å². The van der Waals surface area contributed by atoms with Gasteiger partial charge in [-0.2, -0.15) is 10.4 Å². The zero-order valence-electron chi connectivity index (χ0n) is 9.42. The molecule has 5 nitrogen and oxygen atoms in total. The van der Waals surface area contributed by atoms with Gasteiger partial charge in [-0.1, -0.05) is 28.1 Å². The van der Waals surface area contributed by atoms with Crippen LogP contribution in [0, 0.1) is 11.3 Å². The third kappa shape index (κ3) is 3.15. The lowest BCUT2D eigenvalue weighted by Crippen LogP contribution is -2.09. The van der Waals surface area contributed by atoms with Crippen LogP contribution in [0.1, 0.15) is 11.1 Å². The molecule has 0 fully saturated rings. The molecule has 0 bridgehead atoms. The molecule has 0 spiro atoms. The van der Waals surface area contributed by atoms with E-state index in [1.807, 2.05) is 24.3 Å². The SMILES string of the molecule is N#Cc1cnn(Cc2ccc(Br)cc2)c1S(=O)(=O)Cl. The Hall–Kier alpha value is -1.36. The molecular formula is C11H7BrClN3O2S. The topological polar surface area (TPSA) is 75.8 Å². The molecule has 19 heavy (non-hydrogen) atoms. The van der Waals surface area contributed by atoms with E-state index in [1.165, 1.54) is 10.9 Å². The third-order valence-electron chi connectivity index (χ3n) is 2.39. The smallest absolute Gasteiger partial charge is 0.247 e. The molecule has 0 unspecified atom stereocenters. The first-order valence-corrected chi connectivity index (χ1v) is 8.17. The lowest BCUT2D eigenvalue weighted by atomic mass is 10.2. The molecule has 1 aromatic carbocycles. The zero-order valence-corrected chi connectivity index (χ0v) is 12.6. The molecular weight excluding hydrogens is 354 g/mol. The first kappa shape index (κ1) is 14.1. The Labute approximate surface area is 123 Å². The highest BCUT2D eigenvalue weighted by atomic mass is 79.9. The van der Waals surface area contributed by atoms with Crippen molar-refractivity contribution >= 4 is 35.7 Å². The van der Waals surface area contributed by atoms with Crippen LogP contribution in [0.25, 0.3) is 0 Å². The van der Waals surface area contributed by atoms with Gasteiger partial charge in [0, 0.05) is 15.2 Å². The van der Waals surface area contributed by atoms with Crippen LogP contribution in [0.5, 0.6) is 0 Å². The predicted octanol–water partition coefficient (Wildman–Crippen LogP) is 2.49. The first-order chi connectivity index (χ1) is 8.91. The predicted molar refractivity (Wildman–Crippen MR) is 73.2 cm³/mol. The van der Waals surface area contributed by atoms with Crippen molar-refractivity contribution in [2.24, 2.45) is 0 Å². The highest BCUT2D eigenvalue weighted by Gasteiger charge is 2.22. The van der Waals surface area contributed by atoms with E-state index in [9.17, 15) is 8.42 Å². The maximum absolute atomic E-state index is 11.5. The van der Waals surface area contributed by atoms with Crippen molar-refractivity contribution in [1.82, 2.24) is 9.78 Å². The standard InChI is InChI=1S/C11H7BrClN3O2S/c12-10-3-1-8(2-4-10)7-16-11(19(13,17)18)9(5-14)6-15-16/h1-4,6H,7H2. The summed E-state index contributed by atoms with van der Waals surface area (Å²) >= 11 is 3.31. The van der Waals surface area contributed by atoms with Gasteiger partial charge < -0.3 is 0 Å². The Kier molecular flexibility index (Phi) is 3.94. The highest BCUT2D eigenvalue weighted by Crippen LogP contribution is 2.20. The zero-order chi connectivity index (χ0) is 14.0. The summed E-state index contributed by atoms with van der Waals surface area (Å²) in [4.78, 5) is 0. The van der Waals surface area contributed by atoms with E-state index in [0.29, 0.717) is 0 Å². The fourth-order valence-corrected chi connectivity index (χ4v) is 3.06. The monoisotopic (exact) mass is 359 g/mol. The summed E-state index contributed by atoms with van der Waals surface area (Å²) in [6, 6.07) is 9.07. The summed E-state index contributed by atoms with van der Waals surface area (Å²) in [5.41, 5.74) is 0.782. The second kappa shape index (κ2) is 5.33. The Morgan fingerprint density at radius 1 is 1.37 bits per heavy atom. The Bertz CT molecular complexity index is 747. The van der Waals surface area contributed by atoms with Gasteiger partial charge in [-0.3, -0.25) is 0 Å². The van der Waals surface area contributed by atoms with Gasteiger partial charge in [0.05, 0.1) is 12.7 Å². The van der Waals surface area contributed by atoms with Crippen LogP contribution in [0.4, 0.5) is 0 Å². The summed E-state index contributed by atoms with van der Waals surface area (Å²) in [5, 5.41) is 12.5. The van der Waals surface area contributed by atoms with Crippen LogP contribution in [-0.2, 0) is 15.6 Å². The van der Waals surface area contributed by atoms with Crippen LogP contribution in [0.3, 0.4) is 0 Å². The van der Waals surface area contributed by atoms with Crippen LogP contribution in [-0.4, -0.2) is 18.2 Å². The summed E-state index contributed by atoms with van der Waals surface area (Å²) in [6.07, 6.45) is 1.19. The molecule has 8 heteroatoms. The lowest BCUT2D eigenvalue weighted by molar-refractivity contribution is 0.573. The lowest BCUT2D eigenvalue weighted by Gasteiger charge is -2.05. The highest BCUT2D eigenvalue weighted by molar-refractivity contribution is 9.10. The molecule has 0 aliphatic carbocycles.